The van der Waals surface area contributed by atoms with Crippen LogP contribution in [0.4, 0.5) is 0 Å². The number of rotatable bonds is 11. The van der Waals surface area contributed by atoms with Gasteiger partial charge in [-0.05, 0) is 19.3 Å². The Kier molecular flexibility index (Phi) is 12.4. The first-order valence-electron chi connectivity index (χ1n) is 6.86. The molecule has 4 heteroatoms. The Morgan fingerprint density at radius 1 is 1.22 bits per heavy atom. The van der Waals surface area contributed by atoms with Crippen molar-refractivity contribution in [3.05, 3.63) is 0 Å². The maximum atomic E-state index is 8.82. The van der Waals surface area contributed by atoms with Crippen molar-refractivity contribution in [1.29, 1.82) is 10.5 Å². The molecule has 0 fully saturated rings. The molecule has 0 saturated carbocycles. The zero-order valence-electron chi connectivity index (χ0n) is 11.4. The van der Waals surface area contributed by atoms with E-state index in [1.165, 1.54) is 32.1 Å². The van der Waals surface area contributed by atoms with Crippen molar-refractivity contribution in [2.45, 2.75) is 58.3 Å². The summed E-state index contributed by atoms with van der Waals surface area (Å²) in [4.78, 5) is 0. The molecule has 1 unspecified atom stereocenters. The van der Waals surface area contributed by atoms with Crippen molar-refractivity contribution in [2.75, 3.05) is 6.54 Å². The van der Waals surface area contributed by atoms with Crippen LogP contribution >= 0.6 is 0 Å². The van der Waals surface area contributed by atoms with Crippen LogP contribution in [-0.2, 0) is 0 Å². The zero-order chi connectivity index (χ0) is 13.5. The van der Waals surface area contributed by atoms with Crippen molar-refractivity contribution in [2.24, 2.45) is 11.0 Å². The lowest BCUT2D eigenvalue weighted by Crippen LogP contribution is -2.17. The fraction of sp³-hybridized carbons (Fsp3) is 0.786. The smallest absolute Gasteiger partial charge is 0.0675 e. The molecule has 0 spiro atoms. The van der Waals surface area contributed by atoms with E-state index in [0.29, 0.717) is 19.4 Å². The molecule has 0 aromatic rings. The van der Waals surface area contributed by atoms with E-state index in [9.17, 15) is 0 Å². The summed E-state index contributed by atoms with van der Waals surface area (Å²) in [5.41, 5.74) is 2.88. The van der Waals surface area contributed by atoms with Crippen LogP contribution in [0.3, 0.4) is 0 Å². The average molecular weight is 248 g/mol. The molecule has 4 nitrogen and oxygen atoms in total. The van der Waals surface area contributed by atoms with E-state index in [2.05, 4.69) is 29.6 Å². The van der Waals surface area contributed by atoms with Crippen molar-refractivity contribution in [1.82, 2.24) is 5.43 Å². The summed E-state index contributed by atoms with van der Waals surface area (Å²) < 4.78 is 0. The van der Waals surface area contributed by atoms with Gasteiger partial charge in [0.05, 0.1) is 18.1 Å². The minimum atomic E-state index is -0.119. The molecular weight excluding hydrogens is 224 g/mol. The number of hydrogen-bond acceptors (Lipinski definition) is 4. The van der Waals surface area contributed by atoms with E-state index < -0.39 is 0 Å². The van der Waals surface area contributed by atoms with Crippen molar-refractivity contribution in [3.8, 4) is 12.1 Å². The van der Waals surface area contributed by atoms with Gasteiger partial charge in [0.15, 0.2) is 0 Å². The van der Waals surface area contributed by atoms with E-state index in [-0.39, 0.29) is 5.92 Å². The summed E-state index contributed by atoms with van der Waals surface area (Å²) in [6.45, 7) is 2.74. The highest BCUT2D eigenvalue weighted by Crippen LogP contribution is 2.04. The topological polar surface area (TPSA) is 72.0 Å². The minimum Gasteiger partial charge on any atom is -0.309 e. The Balaban J connectivity index is 3.41. The Morgan fingerprint density at radius 3 is 2.67 bits per heavy atom. The van der Waals surface area contributed by atoms with Gasteiger partial charge in [-0.25, -0.2) is 0 Å². The summed E-state index contributed by atoms with van der Waals surface area (Å²) in [5, 5.41) is 21.3. The Hall–Kier alpha value is -1.55. The third kappa shape index (κ3) is 11.0. The van der Waals surface area contributed by atoms with Crippen molar-refractivity contribution in [3.63, 3.8) is 0 Å². The quantitative estimate of drug-likeness (QED) is 0.346. The van der Waals surface area contributed by atoms with Crippen LogP contribution in [0.2, 0.25) is 0 Å². The second kappa shape index (κ2) is 13.5. The maximum absolute atomic E-state index is 8.82. The first kappa shape index (κ1) is 16.4. The van der Waals surface area contributed by atoms with Gasteiger partial charge in [-0.3, -0.25) is 0 Å². The van der Waals surface area contributed by atoms with Gasteiger partial charge in [0.2, 0.25) is 0 Å². The van der Waals surface area contributed by atoms with Crippen LogP contribution in [0.1, 0.15) is 58.3 Å². The number of hydrazone groups is 1. The van der Waals surface area contributed by atoms with Crippen LogP contribution in [0.25, 0.3) is 0 Å². The van der Waals surface area contributed by atoms with Gasteiger partial charge in [-0.15, -0.1) is 0 Å². The van der Waals surface area contributed by atoms with Gasteiger partial charge >= 0.3 is 0 Å². The van der Waals surface area contributed by atoms with Crippen LogP contribution < -0.4 is 5.43 Å². The van der Waals surface area contributed by atoms with Crippen molar-refractivity contribution < 1.29 is 0 Å². The summed E-state index contributed by atoms with van der Waals surface area (Å²) in [7, 11) is 0. The first-order valence-corrected chi connectivity index (χ1v) is 6.86. The molecule has 0 rings (SSSR count). The number of unbranched alkanes of at least 4 members (excludes halogenated alkanes) is 5. The van der Waals surface area contributed by atoms with Gasteiger partial charge in [0.25, 0.3) is 0 Å². The van der Waals surface area contributed by atoms with Crippen LogP contribution in [0, 0.1) is 28.6 Å². The van der Waals surface area contributed by atoms with E-state index in [4.69, 9.17) is 10.5 Å². The highest BCUT2D eigenvalue weighted by atomic mass is 15.3. The average Bonchev–Trinajstić information content (AvgIpc) is 2.40. The predicted molar refractivity (Wildman–Crippen MR) is 73.8 cm³/mol. The molecule has 0 saturated heterocycles. The van der Waals surface area contributed by atoms with Gasteiger partial charge in [-0.1, -0.05) is 32.6 Å². The Bertz CT molecular complexity index is 285. The molecule has 1 N–H and O–H groups in total. The third-order valence-electron chi connectivity index (χ3n) is 2.74. The number of nitrogens with zero attached hydrogens (tertiary/aromatic N) is 3. The highest BCUT2D eigenvalue weighted by molar-refractivity contribution is 5.56. The molecule has 18 heavy (non-hydrogen) atoms. The molecule has 0 bridgehead atoms. The molecule has 0 amide bonds. The van der Waals surface area contributed by atoms with E-state index in [0.717, 1.165) is 6.42 Å². The Labute approximate surface area is 111 Å². The summed E-state index contributed by atoms with van der Waals surface area (Å²) >= 11 is 0. The second-order valence-electron chi connectivity index (χ2n) is 4.40. The fourth-order valence-corrected chi connectivity index (χ4v) is 1.58. The van der Waals surface area contributed by atoms with Crippen molar-refractivity contribution >= 4 is 6.21 Å². The first-order chi connectivity index (χ1) is 8.85. The fourth-order valence-electron chi connectivity index (χ4n) is 1.58. The number of hydrogen-bond donors (Lipinski definition) is 1. The van der Waals surface area contributed by atoms with Gasteiger partial charge in [0, 0.05) is 19.2 Å². The lowest BCUT2D eigenvalue weighted by molar-refractivity contribution is 0.553. The Morgan fingerprint density at radius 2 is 2.00 bits per heavy atom. The second-order valence-corrected chi connectivity index (χ2v) is 4.40. The third-order valence-corrected chi connectivity index (χ3v) is 2.74. The largest absolute Gasteiger partial charge is 0.309 e. The van der Waals surface area contributed by atoms with E-state index in [1.807, 2.05) is 6.21 Å². The van der Waals surface area contributed by atoms with Gasteiger partial charge < -0.3 is 5.43 Å². The van der Waals surface area contributed by atoms with Crippen LogP contribution in [0.5, 0.6) is 0 Å². The molecule has 0 aliphatic rings. The SMILES string of the molecule is CCCCCCCC=NNCC(C#N)CCC#N. The zero-order valence-corrected chi connectivity index (χ0v) is 11.4. The summed E-state index contributed by atoms with van der Waals surface area (Å²) in [5.74, 6) is -0.119. The summed E-state index contributed by atoms with van der Waals surface area (Å²) in [6.07, 6.45) is 10.3. The molecule has 0 aromatic heterocycles. The monoisotopic (exact) mass is 248 g/mol. The van der Waals surface area contributed by atoms with E-state index in [1.54, 1.807) is 0 Å². The lowest BCUT2D eigenvalue weighted by atomic mass is 10.1. The molecule has 0 aliphatic carbocycles. The molecule has 0 aliphatic heterocycles. The minimum absolute atomic E-state index is 0.119. The molecule has 0 radical (unpaired) electrons. The maximum Gasteiger partial charge on any atom is 0.0675 e. The molecule has 0 aromatic carbocycles. The molecule has 100 valence electrons. The van der Waals surface area contributed by atoms with Gasteiger partial charge in [0.1, 0.15) is 0 Å². The van der Waals surface area contributed by atoms with Crippen LogP contribution in [-0.4, -0.2) is 12.8 Å². The standard InChI is InChI=1S/C14H24N4/c1-2-3-4-5-6-7-11-17-18-13-14(12-16)9-8-10-15/h11,14,18H,2-9,13H2,1H3. The van der Waals surface area contributed by atoms with Gasteiger partial charge in [-0.2, -0.15) is 15.6 Å². The molecule has 1 atom stereocenters. The number of nitrogens with one attached hydrogen (secondary N) is 1. The normalized spacial score (nSPS) is 11.9. The van der Waals surface area contributed by atoms with E-state index >= 15 is 0 Å². The van der Waals surface area contributed by atoms with Crippen LogP contribution in [0.15, 0.2) is 5.10 Å². The predicted octanol–water partition coefficient (Wildman–Crippen LogP) is 3.37. The molecule has 0 heterocycles. The summed E-state index contributed by atoms with van der Waals surface area (Å²) in [6, 6.07) is 4.22. The highest BCUT2D eigenvalue weighted by Gasteiger charge is 2.04. The lowest BCUT2D eigenvalue weighted by Gasteiger charge is -2.05. The molecular formula is C14H24N4. The number of nitriles is 2.